The maximum Gasteiger partial charge on any atom is 0.224 e. The van der Waals surface area contributed by atoms with Crippen molar-refractivity contribution in [1.29, 1.82) is 0 Å². The van der Waals surface area contributed by atoms with E-state index >= 15 is 0 Å². The van der Waals surface area contributed by atoms with Crippen molar-refractivity contribution in [3.8, 4) is 11.1 Å². The Kier molecular flexibility index (Phi) is 3.43. The number of aromatic amines is 1. The molecule has 17 heavy (non-hydrogen) atoms. The van der Waals surface area contributed by atoms with Crippen molar-refractivity contribution in [3.63, 3.8) is 0 Å². The molecule has 0 radical (unpaired) electrons. The molecule has 1 heterocycles. The molecule has 88 valence electrons. The third-order valence-corrected chi connectivity index (χ3v) is 3.23. The van der Waals surface area contributed by atoms with Crippen molar-refractivity contribution < 1.29 is 4.39 Å². The molecule has 6 heteroatoms. The summed E-state index contributed by atoms with van der Waals surface area (Å²) in [4.78, 5) is 14.1. The normalized spacial score (nSPS) is 10.6. The maximum atomic E-state index is 13.1. The SMILES string of the molecule is O=c1c(F)c[nH]cc1-c1cc(Cl)c(Cl)cc1Cl. The second kappa shape index (κ2) is 4.69. The fraction of sp³-hybridized carbons (Fsp3) is 0. The molecule has 1 aromatic heterocycles. The van der Waals surface area contributed by atoms with Crippen LogP contribution in [0.5, 0.6) is 0 Å². The molecule has 0 bridgehead atoms. The second-order valence-corrected chi connectivity index (χ2v) is 4.51. The molecule has 1 aromatic carbocycles. The van der Waals surface area contributed by atoms with Gasteiger partial charge in [0.05, 0.1) is 15.1 Å². The summed E-state index contributed by atoms with van der Waals surface area (Å²) in [6.07, 6.45) is 2.33. The van der Waals surface area contributed by atoms with Crippen LogP contribution in [-0.2, 0) is 0 Å². The Bertz CT molecular complexity index is 639. The van der Waals surface area contributed by atoms with Crippen LogP contribution in [0.25, 0.3) is 11.1 Å². The Labute approximate surface area is 111 Å². The van der Waals surface area contributed by atoms with Crippen molar-refractivity contribution in [3.05, 3.63) is 55.6 Å². The molecular formula is C11H5Cl3FNO. The first-order chi connectivity index (χ1) is 8.00. The Morgan fingerprint density at radius 1 is 0.941 bits per heavy atom. The fourth-order valence-electron chi connectivity index (χ4n) is 1.39. The lowest BCUT2D eigenvalue weighted by Gasteiger charge is -2.05. The molecule has 2 nitrogen and oxygen atoms in total. The average Bonchev–Trinajstić information content (AvgIpc) is 2.28. The van der Waals surface area contributed by atoms with E-state index in [4.69, 9.17) is 34.8 Å². The molecule has 1 N–H and O–H groups in total. The standard InChI is InChI=1S/C11H5Cl3FNO/c12-7-2-9(14)8(13)1-5(7)6-3-16-4-10(15)11(6)17/h1-4H,(H,16,17). The molecule has 0 saturated carbocycles. The van der Waals surface area contributed by atoms with E-state index in [-0.39, 0.29) is 20.6 Å². The maximum absolute atomic E-state index is 13.1. The predicted octanol–water partition coefficient (Wildman–Crippen LogP) is 4.14. The van der Waals surface area contributed by atoms with Crippen LogP contribution in [0.4, 0.5) is 4.39 Å². The number of aromatic nitrogens is 1. The van der Waals surface area contributed by atoms with Crippen LogP contribution in [0, 0.1) is 5.82 Å². The lowest BCUT2D eigenvalue weighted by molar-refractivity contribution is 0.612. The van der Waals surface area contributed by atoms with Gasteiger partial charge in [0.1, 0.15) is 0 Å². The Morgan fingerprint density at radius 2 is 1.59 bits per heavy atom. The Balaban J connectivity index is 2.73. The Morgan fingerprint density at radius 3 is 2.29 bits per heavy atom. The van der Waals surface area contributed by atoms with Crippen molar-refractivity contribution >= 4 is 34.8 Å². The highest BCUT2D eigenvalue weighted by Crippen LogP contribution is 2.33. The molecule has 0 amide bonds. The van der Waals surface area contributed by atoms with E-state index in [9.17, 15) is 9.18 Å². The van der Waals surface area contributed by atoms with Gasteiger partial charge in [0.15, 0.2) is 5.82 Å². The summed E-state index contributed by atoms with van der Waals surface area (Å²) in [5.41, 5.74) is -0.306. The Hall–Kier alpha value is -1.03. The minimum Gasteiger partial charge on any atom is -0.364 e. The van der Waals surface area contributed by atoms with Crippen LogP contribution < -0.4 is 5.43 Å². The van der Waals surface area contributed by atoms with E-state index < -0.39 is 11.2 Å². The molecular weight excluding hydrogens is 287 g/mol. The molecule has 0 fully saturated rings. The zero-order valence-electron chi connectivity index (χ0n) is 8.23. The number of rotatable bonds is 1. The van der Waals surface area contributed by atoms with E-state index in [1.165, 1.54) is 18.3 Å². The zero-order chi connectivity index (χ0) is 12.6. The van der Waals surface area contributed by atoms with Gasteiger partial charge in [-0.1, -0.05) is 34.8 Å². The summed E-state index contributed by atoms with van der Waals surface area (Å²) in [5, 5.41) is 0.749. The molecule has 2 aromatic rings. The summed E-state index contributed by atoms with van der Waals surface area (Å²) < 4.78 is 13.1. The first-order valence-electron chi connectivity index (χ1n) is 4.52. The summed E-state index contributed by atoms with van der Waals surface area (Å²) >= 11 is 17.5. The van der Waals surface area contributed by atoms with Crippen molar-refractivity contribution in [2.24, 2.45) is 0 Å². The van der Waals surface area contributed by atoms with Crippen LogP contribution in [0.15, 0.2) is 29.3 Å². The van der Waals surface area contributed by atoms with Crippen molar-refractivity contribution in [2.75, 3.05) is 0 Å². The molecule has 0 aliphatic heterocycles. The van der Waals surface area contributed by atoms with Crippen LogP contribution in [0.3, 0.4) is 0 Å². The van der Waals surface area contributed by atoms with Gasteiger partial charge in [0.25, 0.3) is 0 Å². The van der Waals surface area contributed by atoms with Gasteiger partial charge in [-0.25, -0.2) is 4.39 Å². The molecule has 0 aliphatic rings. The van der Waals surface area contributed by atoms with Gasteiger partial charge in [0.2, 0.25) is 5.43 Å². The van der Waals surface area contributed by atoms with E-state index in [0.717, 1.165) is 6.20 Å². The molecule has 0 saturated heterocycles. The van der Waals surface area contributed by atoms with Gasteiger partial charge in [0, 0.05) is 23.5 Å². The minimum atomic E-state index is -0.885. The van der Waals surface area contributed by atoms with Crippen LogP contribution in [0.1, 0.15) is 0 Å². The molecule has 0 aliphatic carbocycles. The van der Waals surface area contributed by atoms with E-state index in [1.54, 1.807) is 0 Å². The number of hydrogen-bond acceptors (Lipinski definition) is 1. The largest absolute Gasteiger partial charge is 0.364 e. The second-order valence-electron chi connectivity index (χ2n) is 3.29. The monoisotopic (exact) mass is 291 g/mol. The topological polar surface area (TPSA) is 32.9 Å². The number of hydrogen-bond donors (Lipinski definition) is 1. The highest BCUT2D eigenvalue weighted by Gasteiger charge is 2.13. The highest BCUT2D eigenvalue weighted by atomic mass is 35.5. The molecule has 0 spiro atoms. The van der Waals surface area contributed by atoms with Gasteiger partial charge >= 0.3 is 0 Å². The average molecular weight is 293 g/mol. The highest BCUT2D eigenvalue weighted by molar-refractivity contribution is 6.44. The minimum absolute atomic E-state index is 0.105. The molecule has 2 rings (SSSR count). The number of pyridine rings is 1. The number of H-pyrrole nitrogens is 1. The third kappa shape index (κ3) is 2.32. The first kappa shape index (κ1) is 12.4. The number of benzene rings is 1. The van der Waals surface area contributed by atoms with Crippen LogP contribution in [-0.4, -0.2) is 4.98 Å². The van der Waals surface area contributed by atoms with E-state index in [1.807, 2.05) is 0 Å². The quantitative estimate of drug-likeness (QED) is 0.787. The predicted molar refractivity (Wildman–Crippen MR) is 67.5 cm³/mol. The summed E-state index contributed by atoms with van der Waals surface area (Å²) in [6, 6.07) is 2.83. The summed E-state index contributed by atoms with van der Waals surface area (Å²) in [6.45, 7) is 0. The van der Waals surface area contributed by atoms with Crippen LogP contribution >= 0.6 is 34.8 Å². The van der Waals surface area contributed by atoms with E-state index in [2.05, 4.69) is 4.98 Å². The van der Waals surface area contributed by atoms with Gasteiger partial charge in [-0.15, -0.1) is 0 Å². The smallest absolute Gasteiger partial charge is 0.224 e. The lowest BCUT2D eigenvalue weighted by atomic mass is 10.1. The third-order valence-electron chi connectivity index (χ3n) is 2.20. The molecule has 0 unspecified atom stereocenters. The lowest BCUT2D eigenvalue weighted by Crippen LogP contribution is -2.09. The number of halogens is 4. The van der Waals surface area contributed by atoms with Gasteiger partial charge in [-0.3, -0.25) is 4.79 Å². The van der Waals surface area contributed by atoms with Crippen molar-refractivity contribution in [1.82, 2.24) is 4.98 Å². The van der Waals surface area contributed by atoms with E-state index in [0.29, 0.717) is 5.56 Å². The fourth-order valence-corrected chi connectivity index (χ4v) is 2.04. The summed E-state index contributed by atoms with van der Waals surface area (Å²) in [7, 11) is 0. The van der Waals surface area contributed by atoms with Crippen LogP contribution in [0.2, 0.25) is 15.1 Å². The summed E-state index contributed by atoms with van der Waals surface area (Å²) in [5.74, 6) is -0.885. The van der Waals surface area contributed by atoms with Gasteiger partial charge in [-0.05, 0) is 12.1 Å². The number of nitrogens with one attached hydrogen (secondary N) is 1. The first-order valence-corrected chi connectivity index (χ1v) is 5.65. The zero-order valence-corrected chi connectivity index (χ0v) is 10.5. The van der Waals surface area contributed by atoms with Crippen molar-refractivity contribution in [2.45, 2.75) is 0 Å². The van der Waals surface area contributed by atoms with Gasteiger partial charge < -0.3 is 4.98 Å². The molecule has 0 atom stereocenters. The van der Waals surface area contributed by atoms with Gasteiger partial charge in [-0.2, -0.15) is 0 Å².